The van der Waals surface area contributed by atoms with Crippen LogP contribution in [-0.2, 0) is 11.3 Å². The summed E-state index contributed by atoms with van der Waals surface area (Å²) in [6.07, 6.45) is 3.17. The van der Waals surface area contributed by atoms with E-state index in [1.807, 2.05) is 35.6 Å². The highest BCUT2D eigenvalue weighted by Gasteiger charge is 2.22. The van der Waals surface area contributed by atoms with Gasteiger partial charge in [-0.1, -0.05) is 11.8 Å². The van der Waals surface area contributed by atoms with E-state index >= 15 is 4.39 Å². The van der Waals surface area contributed by atoms with Crippen molar-refractivity contribution in [2.75, 3.05) is 51.0 Å². The Labute approximate surface area is 240 Å². The van der Waals surface area contributed by atoms with Crippen molar-refractivity contribution in [3.05, 3.63) is 64.2 Å². The van der Waals surface area contributed by atoms with Crippen molar-refractivity contribution in [2.45, 2.75) is 18.7 Å². The fourth-order valence-electron chi connectivity index (χ4n) is 4.51. The number of thioether (sulfide) groups is 1. The van der Waals surface area contributed by atoms with E-state index < -0.39 is 11.2 Å². The molecule has 5 rings (SSSR count). The van der Waals surface area contributed by atoms with Gasteiger partial charge in [-0.25, -0.2) is 9.82 Å². The molecule has 0 unspecified atom stereocenters. The number of aryl methyl sites for hydroxylation is 1. The highest BCUT2D eigenvalue weighted by atomic mass is 32.2. The van der Waals surface area contributed by atoms with Crippen LogP contribution < -0.4 is 20.5 Å². The zero-order valence-corrected chi connectivity index (χ0v) is 23.8. The molecule has 1 aliphatic heterocycles. The van der Waals surface area contributed by atoms with Crippen LogP contribution in [0.3, 0.4) is 0 Å². The van der Waals surface area contributed by atoms with Gasteiger partial charge in [0.05, 0.1) is 30.3 Å². The maximum Gasteiger partial charge on any atom is 0.277 e. The molecule has 1 aliphatic rings. The molecule has 2 aromatic carbocycles. The Morgan fingerprint density at radius 3 is 2.66 bits per heavy atom. The number of halogens is 1. The Kier molecular flexibility index (Phi) is 8.64. The molecule has 1 amide bonds. The van der Waals surface area contributed by atoms with E-state index in [1.165, 1.54) is 12.3 Å². The molecular formula is C28H30FN7O4S. The van der Waals surface area contributed by atoms with Crippen molar-refractivity contribution in [3.8, 4) is 17.2 Å². The van der Waals surface area contributed by atoms with Gasteiger partial charge in [0, 0.05) is 44.3 Å². The number of amides is 1. The number of hydrogen-bond acceptors (Lipinski definition) is 10. The van der Waals surface area contributed by atoms with Crippen LogP contribution in [0.1, 0.15) is 12.5 Å². The number of anilines is 1. The van der Waals surface area contributed by atoms with E-state index in [1.54, 1.807) is 31.5 Å². The zero-order valence-electron chi connectivity index (χ0n) is 23.0. The zero-order chi connectivity index (χ0) is 28.9. The van der Waals surface area contributed by atoms with Gasteiger partial charge in [0.15, 0.2) is 0 Å². The highest BCUT2D eigenvalue weighted by molar-refractivity contribution is 7.99. The van der Waals surface area contributed by atoms with Crippen LogP contribution in [0.2, 0.25) is 0 Å². The average molecular weight is 580 g/mol. The number of carbonyl (C=O) groups is 1. The number of rotatable bonds is 9. The summed E-state index contributed by atoms with van der Waals surface area (Å²) >= 11 is 1.01. The summed E-state index contributed by atoms with van der Waals surface area (Å²) in [7, 11) is 3.63. The third-order valence-corrected chi connectivity index (χ3v) is 7.63. The Hall–Kier alpha value is -4.23. The lowest BCUT2D eigenvalue weighted by Crippen LogP contribution is -2.44. The lowest BCUT2D eigenvalue weighted by atomic mass is 10.1. The van der Waals surface area contributed by atoms with E-state index in [-0.39, 0.29) is 33.7 Å². The molecule has 0 radical (unpaired) electrons. The van der Waals surface area contributed by atoms with E-state index in [4.69, 9.17) is 9.15 Å². The SMILES string of the molecule is CCn1cc(-c2nnc(SCC(=O)N/N=C/c3ccc(OC)cc3)o2)c(=O)c2cc(F)c(N3CCN(C)CC3)cc21. The summed E-state index contributed by atoms with van der Waals surface area (Å²) in [6.45, 7) is 5.59. The number of carbonyl (C=O) groups excluding carboxylic acids is 1. The van der Waals surface area contributed by atoms with Crippen molar-refractivity contribution in [1.82, 2.24) is 25.1 Å². The minimum Gasteiger partial charge on any atom is -0.497 e. The van der Waals surface area contributed by atoms with E-state index in [0.717, 1.165) is 36.2 Å². The molecule has 0 aliphatic carbocycles. The number of methoxy groups -OCH3 is 1. The summed E-state index contributed by atoms with van der Waals surface area (Å²) in [5.74, 6) is -0.116. The van der Waals surface area contributed by atoms with Crippen molar-refractivity contribution in [2.24, 2.45) is 5.10 Å². The number of pyridine rings is 1. The number of benzene rings is 2. The topological polar surface area (TPSA) is 118 Å². The van der Waals surface area contributed by atoms with Crippen LogP contribution >= 0.6 is 11.8 Å². The van der Waals surface area contributed by atoms with Crippen molar-refractivity contribution < 1.29 is 18.3 Å². The van der Waals surface area contributed by atoms with E-state index in [0.29, 0.717) is 30.8 Å². The van der Waals surface area contributed by atoms with Crippen molar-refractivity contribution in [3.63, 3.8) is 0 Å². The number of likely N-dealkylation sites (N-methyl/N-ethyl adjacent to an activating group) is 1. The largest absolute Gasteiger partial charge is 0.497 e. The molecule has 0 bridgehead atoms. The molecule has 11 nitrogen and oxygen atoms in total. The van der Waals surface area contributed by atoms with Crippen LogP contribution in [0.4, 0.5) is 10.1 Å². The predicted octanol–water partition coefficient (Wildman–Crippen LogP) is 3.21. The number of fused-ring (bicyclic) bond motifs is 1. The fraction of sp³-hybridized carbons (Fsp3) is 0.321. The standard InChI is InChI=1S/C28H30FN7O4S/c1-4-35-16-21(26(38)20-13-22(29)24(14-23(20)35)36-11-9-34(2)10-12-36)27-32-33-28(40-27)41-17-25(37)31-30-15-18-5-7-19(39-3)8-6-18/h5-8,13-16H,4,9-12,17H2,1-3H3,(H,31,37)/b30-15+. The molecule has 214 valence electrons. The van der Waals surface area contributed by atoms with Gasteiger partial charge in [-0.2, -0.15) is 5.10 Å². The minimum absolute atomic E-state index is 0.00286. The van der Waals surface area contributed by atoms with Crippen LogP contribution in [0.25, 0.3) is 22.4 Å². The summed E-state index contributed by atoms with van der Waals surface area (Å²) in [6, 6.07) is 10.2. The van der Waals surface area contributed by atoms with Gasteiger partial charge in [0.25, 0.3) is 17.0 Å². The number of hydrazone groups is 1. The molecule has 1 fully saturated rings. The van der Waals surface area contributed by atoms with Gasteiger partial charge in [0.1, 0.15) is 17.1 Å². The van der Waals surface area contributed by atoms with Crippen molar-refractivity contribution >= 4 is 40.5 Å². The van der Waals surface area contributed by atoms with Crippen LogP contribution in [0, 0.1) is 5.82 Å². The monoisotopic (exact) mass is 579 g/mol. The molecule has 13 heteroatoms. The van der Waals surface area contributed by atoms with Gasteiger partial charge in [0.2, 0.25) is 5.43 Å². The van der Waals surface area contributed by atoms with Crippen molar-refractivity contribution in [1.29, 1.82) is 0 Å². The van der Waals surface area contributed by atoms with E-state index in [9.17, 15) is 9.59 Å². The van der Waals surface area contributed by atoms with Crippen LogP contribution in [0.5, 0.6) is 5.75 Å². The summed E-state index contributed by atoms with van der Waals surface area (Å²) in [5.41, 5.74) is 4.13. The highest BCUT2D eigenvalue weighted by Crippen LogP contribution is 2.28. The Morgan fingerprint density at radius 1 is 1.20 bits per heavy atom. The number of nitrogens with zero attached hydrogens (tertiary/aromatic N) is 6. The molecule has 41 heavy (non-hydrogen) atoms. The van der Waals surface area contributed by atoms with Gasteiger partial charge >= 0.3 is 0 Å². The Morgan fingerprint density at radius 2 is 1.95 bits per heavy atom. The summed E-state index contributed by atoms with van der Waals surface area (Å²) in [5, 5.41) is 12.3. The smallest absolute Gasteiger partial charge is 0.277 e. The average Bonchev–Trinajstić information content (AvgIpc) is 3.46. The summed E-state index contributed by atoms with van der Waals surface area (Å²) in [4.78, 5) is 29.8. The molecule has 1 saturated heterocycles. The van der Waals surface area contributed by atoms with E-state index in [2.05, 4.69) is 25.6 Å². The molecule has 0 spiro atoms. The maximum absolute atomic E-state index is 15.2. The quantitative estimate of drug-likeness (QED) is 0.181. The first-order chi connectivity index (χ1) is 19.9. The molecule has 3 heterocycles. The maximum atomic E-state index is 15.2. The molecular weight excluding hydrogens is 549 g/mol. The first-order valence-electron chi connectivity index (χ1n) is 13.1. The third kappa shape index (κ3) is 6.41. The number of hydrogen-bond donors (Lipinski definition) is 1. The lowest BCUT2D eigenvalue weighted by Gasteiger charge is -2.34. The van der Waals surface area contributed by atoms with Gasteiger partial charge in [-0.15, -0.1) is 10.2 Å². The molecule has 0 atom stereocenters. The molecule has 2 aromatic heterocycles. The second-order valence-corrected chi connectivity index (χ2v) is 10.4. The first-order valence-corrected chi connectivity index (χ1v) is 14.1. The van der Waals surface area contributed by atoms with Crippen LogP contribution in [-0.4, -0.2) is 77.9 Å². The molecule has 4 aromatic rings. The van der Waals surface area contributed by atoms with Gasteiger partial charge in [-0.3, -0.25) is 9.59 Å². The predicted molar refractivity (Wildman–Crippen MR) is 156 cm³/mol. The minimum atomic E-state index is -0.443. The first kappa shape index (κ1) is 28.3. The number of ether oxygens (including phenoxy) is 1. The Balaban J connectivity index is 1.29. The number of nitrogens with one attached hydrogen (secondary N) is 1. The van der Waals surface area contributed by atoms with Crippen LogP contribution in [0.15, 0.2) is 62.1 Å². The second-order valence-electron chi connectivity index (χ2n) is 9.50. The normalized spacial score (nSPS) is 14.2. The lowest BCUT2D eigenvalue weighted by molar-refractivity contribution is -0.118. The van der Waals surface area contributed by atoms with Gasteiger partial charge < -0.3 is 23.5 Å². The second kappa shape index (κ2) is 12.5. The Bertz CT molecular complexity index is 1630. The number of aromatic nitrogens is 3. The molecule has 1 N–H and O–H groups in total. The molecule has 0 saturated carbocycles. The van der Waals surface area contributed by atoms with Gasteiger partial charge in [-0.05, 0) is 55.9 Å². The number of piperazine rings is 1. The summed E-state index contributed by atoms with van der Waals surface area (Å²) < 4.78 is 27.9. The fourth-order valence-corrected chi connectivity index (χ4v) is 5.06. The third-order valence-electron chi connectivity index (χ3n) is 6.82.